The molecule has 1 heterocycles. The van der Waals surface area contributed by atoms with Gasteiger partial charge in [0.05, 0.1) is 18.9 Å². The van der Waals surface area contributed by atoms with Gasteiger partial charge >= 0.3 is 0 Å². The molecule has 1 aromatic carbocycles. The predicted molar refractivity (Wildman–Crippen MR) is 82.8 cm³/mol. The second-order valence-electron chi connectivity index (χ2n) is 4.86. The van der Waals surface area contributed by atoms with Gasteiger partial charge in [0, 0.05) is 18.7 Å². The van der Waals surface area contributed by atoms with E-state index in [-0.39, 0.29) is 16.6 Å². The predicted octanol–water partition coefficient (Wildman–Crippen LogP) is 1.12. The van der Waals surface area contributed by atoms with Crippen LogP contribution in [-0.2, 0) is 9.53 Å². The molecule has 1 aliphatic rings. The van der Waals surface area contributed by atoms with Crippen LogP contribution in [0.25, 0.3) is 0 Å². The van der Waals surface area contributed by atoms with Crippen molar-refractivity contribution in [1.29, 1.82) is 0 Å². The van der Waals surface area contributed by atoms with E-state index in [1.54, 1.807) is 17.9 Å². The summed E-state index contributed by atoms with van der Waals surface area (Å²) in [6.07, 6.45) is 0. The Hall–Kier alpha value is -1.73. The van der Waals surface area contributed by atoms with Gasteiger partial charge in [0.25, 0.3) is 0 Å². The van der Waals surface area contributed by atoms with Crippen LogP contribution in [0.5, 0.6) is 0 Å². The first-order valence-corrected chi connectivity index (χ1v) is 7.12. The van der Waals surface area contributed by atoms with Crippen LogP contribution in [0.2, 0.25) is 0 Å². The van der Waals surface area contributed by atoms with Gasteiger partial charge in [0.1, 0.15) is 16.8 Å². The van der Waals surface area contributed by atoms with E-state index in [1.165, 1.54) is 12.1 Å². The number of nitrogens with one attached hydrogen (secondary N) is 1. The highest BCUT2D eigenvalue weighted by atomic mass is 32.1. The minimum absolute atomic E-state index is 0.0730. The summed E-state index contributed by atoms with van der Waals surface area (Å²) < 4.78 is 19.2. The van der Waals surface area contributed by atoms with Crippen LogP contribution >= 0.6 is 12.2 Å². The Bertz CT molecular complexity index is 547. The number of ether oxygens (including phenoxy) is 1. The quantitative estimate of drug-likeness (QED) is 0.816. The zero-order valence-corrected chi connectivity index (χ0v) is 12.6. The SMILES string of the molecule is CC(Nc1ccc(C(N)=S)cc1F)C(=O)N1CCOCC1. The third-order valence-electron chi connectivity index (χ3n) is 3.32. The van der Waals surface area contributed by atoms with Gasteiger partial charge in [-0.05, 0) is 25.1 Å². The number of hydrogen-bond acceptors (Lipinski definition) is 4. The molecule has 0 spiro atoms. The fourth-order valence-electron chi connectivity index (χ4n) is 2.14. The lowest BCUT2D eigenvalue weighted by atomic mass is 10.1. The number of hydrogen-bond donors (Lipinski definition) is 2. The summed E-state index contributed by atoms with van der Waals surface area (Å²) in [7, 11) is 0. The molecule has 1 fully saturated rings. The Balaban J connectivity index is 2.03. The van der Waals surface area contributed by atoms with E-state index < -0.39 is 11.9 Å². The third kappa shape index (κ3) is 3.89. The van der Waals surface area contributed by atoms with E-state index in [2.05, 4.69) is 5.32 Å². The molecule has 2 rings (SSSR count). The molecule has 0 bridgehead atoms. The van der Waals surface area contributed by atoms with Gasteiger partial charge in [0.2, 0.25) is 5.91 Å². The van der Waals surface area contributed by atoms with Gasteiger partial charge < -0.3 is 20.7 Å². The van der Waals surface area contributed by atoms with Crippen molar-refractivity contribution in [3.63, 3.8) is 0 Å². The zero-order valence-electron chi connectivity index (χ0n) is 11.8. The standard InChI is InChI=1S/C14H18FN3O2S/c1-9(14(19)18-4-6-20-7-5-18)17-12-3-2-10(13(16)21)8-11(12)15/h2-3,8-9,17H,4-7H2,1H3,(H2,16,21). The number of thiocarbonyl (C=S) groups is 1. The van der Waals surface area contributed by atoms with Crippen LogP contribution in [0.15, 0.2) is 18.2 Å². The molecule has 1 unspecified atom stereocenters. The summed E-state index contributed by atoms with van der Waals surface area (Å²) in [4.78, 5) is 14.1. The zero-order chi connectivity index (χ0) is 15.4. The largest absolute Gasteiger partial charge is 0.389 e. The summed E-state index contributed by atoms with van der Waals surface area (Å²) in [5.74, 6) is -0.557. The van der Waals surface area contributed by atoms with Crippen LogP contribution in [0.4, 0.5) is 10.1 Å². The fourth-order valence-corrected chi connectivity index (χ4v) is 2.26. The Morgan fingerprint density at radius 3 is 2.71 bits per heavy atom. The number of nitrogens with two attached hydrogens (primary N) is 1. The summed E-state index contributed by atoms with van der Waals surface area (Å²) in [6.45, 7) is 3.91. The molecule has 21 heavy (non-hydrogen) atoms. The van der Waals surface area contributed by atoms with Crippen molar-refractivity contribution < 1.29 is 13.9 Å². The maximum atomic E-state index is 14.0. The number of anilines is 1. The maximum absolute atomic E-state index is 14.0. The number of carbonyl (C=O) groups is 1. The highest BCUT2D eigenvalue weighted by Crippen LogP contribution is 2.17. The van der Waals surface area contributed by atoms with Crippen molar-refractivity contribution in [3.05, 3.63) is 29.6 Å². The average molecular weight is 311 g/mol. The molecular weight excluding hydrogens is 293 g/mol. The second kappa shape index (κ2) is 6.82. The Kier molecular flexibility index (Phi) is 5.08. The van der Waals surface area contributed by atoms with Crippen molar-refractivity contribution in [3.8, 4) is 0 Å². The monoisotopic (exact) mass is 311 g/mol. The van der Waals surface area contributed by atoms with E-state index in [1.807, 2.05) is 0 Å². The molecule has 0 saturated carbocycles. The van der Waals surface area contributed by atoms with Gasteiger partial charge in [-0.25, -0.2) is 4.39 Å². The number of nitrogens with zero attached hydrogens (tertiary/aromatic N) is 1. The van der Waals surface area contributed by atoms with Crippen molar-refractivity contribution in [2.75, 3.05) is 31.6 Å². The maximum Gasteiger partial charge on any atom is 0.244 e. The number of amides is 1. The lowest BCUT2D eigenvalue weighted by molar-refractivity contribution is -0.135. The van der Waals surface area contributed by atoms with Crippen molar-refractivity contribution in [2.45, 2.75) is 13.0 Å². The van der Waals surface area contributed by atoms with Crippen molar-refractivity contribution in [2.24, 2.45) is 5.73 Å². The molecule has 1 aromatic rings. The molecule has 1 aliphatic heterocycles. The van der Waals surface area contributed by atoms with Gasteiger partial charge in [-0.3, -0.25) is 4.79 Å². The Labute approximate surface area is 128 Å². The molecular formula is C14H18FN3O2S. The highest BCUT2D eigenvalue weighted by molar-refractivity contribution is 7.80. The summed E-state index contributed by atoms with van der Waals surface area (Å²) >= 11 is 4.80. The van der Waals surface area contributed by atoms with Gasteiger partial charge in [-0.2, -0.15) is 0 Å². The first kappa shape index (κ1) is 15.7. The molecule has 3 N–H and O–H groups in total. The first-order chi connectivity index (χ1) is 9.99. The van der Waals surface area contributed by atoms with Crippen LogP contribution in [0.3, 0.4) is 0 Å². The van der Waals surface area contributed by atoms with Crippen LogP contribution in [-0.4, -0.2) is 48.1 Å². The molecule has 5 nitrogen and oxygen atoms in total. The van der Waals surface area contributed by atoms with Gasteiger partial charge in [-0.1, -0.05) is 12.2 Å². The smallest absolute Gasteiger partial charge is 0.244 e. The molecule has 1 atom stereocenters. The van der Waals surface area contributed by atoms with E-state index in [9.17, 15) is 9.18 Å². The Morgan fingerprint density at radius 2 is 2.14 bits per heavy atom. The van der Waals surface area contributed by atoms with Gasteiger partial charge in [0.15, 0.2) is 0 Å². The fraction of sp³-hybridized carbons (Fsp3) is 0.429. The number of morpholine rings is 1. The lowest BCUT2D eigenvalue weighted by Crippen LogP contribution is -2.47. The van der Waals surface area contributed by atoms with Crippen molar-refractivity contribution >= 4 is 28.8 Å². The molecule has 0 aliphatic carbocycles. The Morgan fingerprint density at radius 1 is 1.48 bits per heavy atom. The van der Waals surface area contributed by atoms with E-state index in [4.69, 9.17) is 22.7 Å². The molecule has 0 radical (unpaired) electrons. The number of rotatable bonds is 4. The van der Waals surface area contributed by atoms with E-state index in [0.29, 0.717) is 31.9 Å². The topological polar surface area (TPSA) is 67.6 Å². The normalized spacial score (nSPS) is 16.4. The molecule has 7 heteroatoms. The van der Waals surface area contributed by atoms with Gasteiger partial charge in [-0.15, -0.1) is 0 Å². The molecule has 0 aromatic heterocycles. The summed E-state index contributed by atoms with van der Waals surface area (Å²) in [5.41, 5.74) is 6.16. The minimum Gasteiger partial charge on any atom is -0.389 e. The molecule has 1 saturated heterocycles. The number of benzene rings is 1. The highest BCUT2D eigenvalue weighted by Gasteiger charge is 2.23. The molecule has 114 valence electrons. The van der Waals surface area contributed by atoms with Crippen LogP contribution in [0.1, 0.15) is 12.5 Å². The lowest BCUT2D eigenvalue weighted by Gasteiger charge is -2.29. The van der Waals surface area contributed by atoms with E-state index >= 15 is 0 Å². The minimum atomic E-state index is -0.520. The summed E-state index contributed by atoms with van der Waals surface area (Å²) in [6, 6.07) is 3.90. The van der Waals surface area contributed by atoms with Crippen molar-refractivity contribution in [1.82, 2.24) is 4.90 Å². The number of halogens is 1. The number of carbonyl (C=O) groups excluding carboxylic acids is 1. The molecule has 1 amide bonds. The average Bonchev–Trinajstić information content (AvgIpc) is 2.49. The van der Waals surface area contributed by atoms with Crippen LogP contribution < -0.4 is 11.1 Å². The van der Waals surface area contributed by atoms with E-state index in [0.717, 1.165) is 0 Å². The second-order valence-corrected chi connectivity index (χ2v) is 5.30. The first-order valence-electron chi connectivity index (χ1n) is 6.71. The van der Waals surface area contributed by atoms with Crippen LogP contribution in [0, 0.1) is 5.82 Å². The summed E-state index contributed by atoms with van der Waals surface area (Å²) in [5, 5.41) is 2.88. The third-order valence-corrected chi connectivity index (χ3v) is 3.55.